The standard InChI is InChI=1S/C74H36F6N6S3/c75-73(76,77)38-25-27-43-44-28-26-39(74(78,79)80)30-59(44)86(58(43)29-38)72-70(84-56-20-8-2-14-41(56)49-35-67-52(32-61(49)84)46-17-5-11-23-64(46)88-67)54(37-81)69(83-55-19-7-1-13-40(55)48-34-66-51(31-60(48)83)45-16-4-10-22-63(45)87-66)71(82-72)85-57-21-9-3-15-42(57)50-36-68-53(33-62(50)85)47-18-6-12-24-65(47)89-68/h1-36H. The third kappa shape index (κ3) is 6.98. The molecular formula is C74H36F6N6S3. The summed E-state index contributed by atoms with van der Waals surface area (Å²) >= 11 is 5.02. The summed E-state index contributed by atoms with van der Waals surface area (Å²) in [4.78, 5) is 6.00. The number of para-hydroxylation sites is 3. The van der Waals surface area contributed by atoms with Gasteiger partial charge in [0.15, 0.2) is 11.6 Å². The Balaban J connectivity index is 1.10. The SMILES string of the molecule is N#Cc1c(-n2c3ccccc3c3cc4sc5ccccc5c4cc32)c(-n2c3cc(C(F)(F)F)ccc3c3ccc(C(F)(F)F)cc32)nc(-n2c3ccccc3c3cc4sc5ccccc5c4cc32)c1-n1c2ccccc2c2cc3sc4ccccc4c3cc21. The second-order valence-corrected chi connectivity index (χ2v) is 25.9. The van der Waals surface area contributed by atoms with E-state index in [0.29, 0.717) is 22.2 Å². The van der Waals surface area contributed by atoms with Crippen LogP contribution in [-0.4, -0.2) is 23.3 Å². The van der Waals surface area contributed by atoms with Crippen molar-refractivity contribution in [3.05, 3.63) is 235 Å². The number of pyridine rings is 1. The number of thiophene rings is 3. The van der Waals surface area contributed by atoms with Gasteiger partial charge in [0.2, 0.25) is 0 Å². The molecule has 0 saturated heterocycles. The van der Waals surface area contributed by atoms with Crippen LogP contribution in [0.1, 0.15) is 16.7 Å². The molecule has 0 N–H and O–H groups in total. The third-order valence-electron chi connectivity index (χ3n) is 18.0. The highest BCUT2D eigenvalue weighted by atomic mass is 32.1. The van der Waals surface area contributed by atoms with Gasteiger partial charge in [0.1, 0.15) is 23.0 Å². The third-order valence-corrected chi connectivity index (χ3v) is 21.4. The minimum atomic E-state index is -4.87. The molecule has 8 aromatic heterocycles. The van der Waals surface area contributed by atoms with Crippen LogP contribution in [0.4, 0.5) is 26.3 Å². The fourth-order valence-electron chi connectivity index (χ4n) is 14.3. The summed E-state index contributed by atoms with van der Waals surface area (Å²) in [6.07, 6.45) is -9.74. The number of benzene rings is 11. The van der Waals surface area contributed by atoms with E-state index >= 15 is 26.3 Å². The van der Waals surface area contributed by atoms with Crippen LogP contribution in [0.2, 0.25) is 0 Å². The lowest BCUT2D eigenvalue weighted by molar-refractivity contribution is -0.138. The molecule has 0 radical (unpaired) electrons. The molecule has 19 rings (SSSR count). The Bertz CT molecular complexity index is 6360. The van der Waals surface area contributed by atoms with E-state index in [1.165, 1.54) is 16.7 Å². The summed E-state index contributed by atoms with van der Waals surface area (Å²) in [5, 5.41) is 24.6. The molecule has 11 aromatic carbocycles. The van der Waals surface area contributed by atoms with Gasteiger partial charge in [0, 0.05) is 104 Å². The molecule has 0 saturated carbocycles. The van der Waals surface area contributed by atoms with E-state index in [4.69, 9.17) is 4.98 Å². The molecule has 422 valence electrons. The van der Waals surface area contributed by atoms with Crippen molar-refractivity contribution in [2.75, 3.05) is 0 Å². The number of halogens is 6. The molecule has 15 heteroatoms. The van der Waals surface area contributed by atoms with Crippen LogP contribution in [-0.2, 0) is 12.4 Å². The fourth-order valence-corrected chi connectivity index (χ4v) is 17.6. The van der Waals surface area contributed by atoms with Crippen molar-refractivity contribution in [2.45, 2.75) is 12.4 Å². The molecule has 0 aliphatic carbocycles. The molecule has 0 unspecified atom stereocenters. The largest absolute Gasteiger partial charge is 0.416 e. The minimum absolute atomic E-state index is 0.0581. The molecule has 0 aliphatic rings. The zero-order chi connectivity index (χ0) is 59.5. The first-order valence-corrected chi connectivity index (χ1v) is 31.1. The van der Waals surface area contributed by atoms with Crippen LogP contribution in [0.3, 0.4) is 0 Å². The van der Waals surface area contributed by atoms with Crippen molar-refractivity contribution in [1.82, 2.24) is 23.3 Å². The maximum atomic E-state index is 15.4. The van der Waals surface area contributed by atoms with Crippen molar-refractivity contribution in [2.24, 2.45) is 0 Å². The van der Waals surface area contributed by atoms with Crippen LogP contribution in [0.15, 0.2) is 218 Å². The molecule has 8 heterocycles. The van der Waals surface area contributed by atoms with Crippen molar-refractivity contribution >= 4 is 182 Å². The van der Waals surface area contributed by atoms with Gasteiger partial charge in [-0.2, -0.15) is 31.6 Å². The predicted octanol–water partition coefficient (Wildman–Crippen LogP) is 22.5. The predicted molar refractivity (Wildman–Crippen MR) is 355 cm³/mol. The Morgan fingerprint density at radius 1 is 0.292 bits per heavy atom. The minimum Gasteiger partial charge on any atom is -0.305 e. The van der Waals surface area contributed by atoms with Crippen LogP contribution < -0.4 is 0 Å². The number of rotatable bonds is 4. The lowest BCUT2D eigenvalue weighted by Crippen LogP contribution is -2.16. The Hall–Kier alpha value is -10.5. The highest BCUT2D eigenvalue weighted by Gasteiger charge is 2.37. The second kappa shape index (κ2) is 17.8. The van der Waals surface area contributed by atoms with Crippen molar-refractivity contribution in [3.63, 3.8) is 0 Å². The Morgan fingerprint density at radius 2 is 0.596 bits per heavy atom. The van der Waals surface area contributed by atoms with Crippen molar-refractivity contribution in [3.8, 4) is 29.1 Å². The van der Waals surface area contributed by atoms with Crippen molar-refractivity contribution in [1.29, 1.82) is 5.26 Å². The average Bonchev–Trinajstić information content (AvgIpc) is 1.59. The molecule has 6 nitrogen and oxygen atoms in total. The first-order chi connectivity index (χ1) is 43.4. The maximum Gasteiger partial charge on any atom is 0.416 e. The van der Waals surface area contributed by atoms with Gasteiger partial charge in [0.25, 0.3) is 0 Å². The number of fused-ring (bicyclic) bond motifs is 21. The molecule has 0 atom stereocenters. The smallest absolute Gasteiger partial charge is 0.305 e. The van der Waals surface area contributed by atoms with E-state index in [2.05, 4.69) is 89.5 Å². The zero-order valence-electron chi connectivity index (χ0n) is 46.0. The molecule has 0 aliphatic heterocycles. The topological polar surface area (TPSA) is 56.4 Å². The molecule has 89 heavy (non-hydrogen) atoms. The number of alkyl halides is 6. The van der Waals surface area contributed by atoms with Gasteiger partial charge in [-0.3, -0.25) is 9.13 Å². The van der Waals surface area contributed by atoms with Gasteiger partial charge in [-0.05, 0) is 97.1 Å². The van der Waals surface area contributed by atoms with Gasteiger partial charge in [-0.25, -0.2) is 4.98 Å². The van der Waals surface area contributed by atoms with Gasteiger partial charge in [-0.1, -0.05) is 121 Å². The van der Waals surface area contributed by atoms with Crippen LogP contribution in [0.25, 0.3) is 171 Å². The number of aromatic nitrogens is 5. The summed E-state index contributed by atoms with van der Waals surface area (Å²) in [5.74, 6) is 0.140. The summed E-state index contributed by atoms with van der Waals surface area (Å²) in [6, 6.07) is 70.6. The number of nitriles is 1. The first-order valence-electron chi connectivity index (χ1n) is 28.6. The monoisotopic (exact) mass is 1220 g/mol. The summed E-state index contributed by atoms with van der Waals surface area (Å²) in [5.41, 5.74) is 2.59. The molecule has 0 spiro atoms. The van der Waals surface area contributed by atoms with Gasteiger partial charge < -0.3 is 9.13 Å². The molecule has 0 bridgehead atoms. The maximum absolute atomic E-state index is 15.4. The number of nitrogens with zero attached hydrogens (tertiary/aromatic N) is 6. The fraction of sp³-hybridized carbons (Fsp3) is 0.0270. The van der Waals surface area contributed by atoms with Gasteiger partial charge >= 0.3 is 12.4 Å². The highest BCUT2D eigenvalue weighted by Crippen LogP contribution is 2.50. The van der Waals surface area contributed by atoms with Crippen LogP contribution in [0.5, 0.6) is 0 Å². The highest BCUT2D eigenvalue weighted by molar-refractivity contribution is 7.26. The number of hydrogen-bond donors (Lipinski definition) is 0. The van der Waals surface area contributed by atoms with Gasteiger partial charge in [-0.15, -0.1) is 34.0 Å². The van der Waals surface area contributed by atoms with E-state index in [9.17, 15) is 5.26 Å². The average molecular weight is 1220 g/mol. The summed E-state index contributed by atoms with van der Waals surface area (Å²) in [7, 11) is 0. The lowest BCUT2D eigenvalue weighted by atomic mass is 10.1. The Labute approximate surface area is 510 Å². The summed E-state index contributed by atoms with van der Waals surface area (Å²) < 4.78 is 107. The first kappa shape index (κ1) is 50.6. The molecule has 0 amide bonds. The Kier molecular flexibility index (Phi) is 10.1. The van der Waals surface area contributed by atoms with Crippen molar-refractivity contribution < 1.29 is 26.3 Å². The van der Waals surface area contributed by atoms with E-state index in [1.807, 2.05) is 112 Å². The van der Waals surface area contributed by atoms with Gasteiger partial charge in [0.05, 0.1) is 55.3 Å². The Morgan fingerprint density at radius 3 is 0.966 bits per heavy atom. The zero-order valence-corrected chi connectivity index (χ0v) is 48.4. The summed E-state index contributed by atoms with van der Waals surface area (Å²) in [6.45, 7) is 0. The molecule has 19 aromatic rings. The second-order valence-electron chi connectivity index (χ2n) is 22.7. The van der Waals surface area contributed by atoms with E-state index in [0.717, 1.165) is 134 Å². The lowest BCUT2D eigenvalue weighted by Gasteiger charge is -2.24. The van der Waals surface area contributed by atoms with Crippen LogP contribution in [0, 0.1) is 11.3 Å². The normalized spacial score (nSPS) is 12.8. The van der Waals surface area contributed by atoms with E-state index in [-0.39, 0.29) is 44.7 Å². The van der Waals surface area contributed by atoms with E-state index < -0.39 is 23.5 Å². The molecule has 0 fully saturated rings. The molecular weight excluding hydrogens is 1180 g/mol. The van der Waals surface area contributed by atoms with E-state index in [1.54, 1.807) is 34.0 Å². The quantitative estimate of drug-likeness (QED) is 0.165. The van der Waals surface area contributed by atoms with Crippen LogP contribution >= 0.6 is 34.0 Å². The number of hydrogen-bond acceptors (Lipinski definition) is 5.